The summed E-state index contributed by atoms with van der Waals surface area (Å²) in [6, 6.07) is 4.94. The molecule has 0 saturated heterocycles. The van der Waals surface area contributed by atoms with Crippen LogP contribution in [-0.2, 0) is 12.8 Å². The van der Waals surface area contributed by atoms with Crippen LogP contribution in [0, 0.1) is 5.82 Å². The topological polar surface area (TPSA) is 37.8 Å². The van der Waals surface area contributed by atoms with Crippen LogP contribution in [0.25, 0.3) is 0 Å². The fraction of sp³-hybridized carbons (Fsp3) is 0.286. The predicted octanol–water partition coefficient (Wildman–Crippen LogP) is 4.23. The first-order valence-electron chi connectivity index (χ1n) is 6.22. The van der Waals surface area contributed by atoms with E-state index in [1.54, 1.807) is 19.2 Å². The van der Waals surface area contributed by atoms with Gasteiger partial charge in [0, 0.05) is 13.5 Å². The fourth-order valence-electron chi connectivity index (χ4n) is 1.88. The molecule has 0 atom stereocenters. The van der Waals surface area contributed by atoms with E-state index in [4.69, 9.17) is 11.6 Å². The van der Waals surface area contributed by atoms with Crippen LogP contribution in [0.3, 0.4) is 0 Å². The summed E-state index contributed by atoms with van der Waals surface area (Å²) >= 11 is 9.25. The summed E-state index contributed by atoms with van der Waals surface area (Å²) in [5, 5.41) is 3.12. The molecule has 106 valence electrons. The smallest absolute Gasteiger partial charge is 0.145 e. The summed E-state index contributed by atoms with van der Waals surface area (Å²) in [7, 11) is 1.79. The Balaban J connectivity index is 2.41. The molecule has 2 aromatic rings. The number of hydrogen-bond acceptors (Lipinski definition) is 3. The van der Waals surface area contributed by atoms with Crippen LogP contribution in [0.15, 0.2) is 22.7 Å². The minimum Gasteiger partial charge on any atom is -0.372 e. The average Bonchev–Trinajstić information content (AvgIpc) is 2.45. The first-order valence-corrected chi connectivity index (χ1v) is 7.39. The van der Waals surface area contributed by atoms with Crippen LogP contribution >= 0.6 is 27.5 Å². The van der Waals surface area contributed by atoms with E-state index in [-0.39, 0.29) is 5.02 Å². The van der Waals surface area contributed by atoms with Gasteiger partial charge in [-0.2, -0.15) is 0 Å². The lowest BCUT2D eigenvalue weighted by Crippen LogP contribution is -2.06. The maximum Gasteiger partial charge on any atom is 0.145 e. The largest absolute Gasteiger partial charge is 0.372 e. The number of aryl methyl sites for hydroxylation is 1. The fourth-order valence-corrected chi connectivity index (χ4v) is 2.73. The van der Waals surface area contributed by atoms with E-state index >= 15 is 0 Å². The third-order valence-corrected chi connectivity index (χ3v) is 4.04. The van der Waals surface area contributed by atoms with Crippen molar-refractivity contribution >= 4 is 33.3 Å². The second-order valence-electron chi connectivity index (χ2n) is 4.24. The first-order chi connectivity index (χ1) is 9.56. The Morgan fingerprint density at radius 1 is 1.35 bits per heavy atom. The van der Waals surface area contributed by atoms with E-state index in [1.165, 1.54) is 6.07 Å². The predicted molar refractivity (Wildman–Crippen MR) is 82.9 cm³/mol. The molecule has 0 fully saturated rings. The molecule has 0 amide bonds. The lowest BCUT2D eigenvalue weighted by atomic mass is 10.1. The van der Waals surface area contributed by atoms with Crippen molar-refractivity contribution in [1.29, 1.82) is 0 Å². The molecular formula is C14H14BrClFN3. The highest BCUT2D eigenvalue weighted by molar-refractivity contribution is 9.10. The van der Waals surface area contributed by atoms with E-state index < -0.39 is 5.82 Å². The average molecular weight is 359 g/mol. The highest BCUT2D eigenvalue weighted by Gasteiger charge is 2.13. The number of nitrogens with one attached hydrogen (secondary N) is 1. The molecule has 1 aromatic heterocycles. The monoisotopic (exact) mass is 357 g/mol. The second-order valence-corrected chi connectivity index (χ2v) is 5.44. The van der Waals surface area contributed by atoms with Gasteiger partial charge in [0.15, 0.2) is 0 Å². The molecule has 0 saturated carbocycles. The van der Waals surface area contributed by atoms with Crippen molar-refractivity contribution in [3.63, 3.8) is 0 Å². The maximum absolute atomic E-state index is 13.9. The first kappa shape index (κ1) is 15.2. The van der Waals surface area contributed by atoms with Crippen molar-refractivity contribution < 1.29 is 4.39 Å². The molecule has 0 radical (unpaired) electrons. The van der Waals surface area contributed by atoms with Crippen molar-refractivity contribution in [1.82, 2.24) is 9.97 Å². The summed E-state index contributed by atoms with van der Waals surface area (Å²) in [5.74, 6) is 0.856. The van der Waals surface area contributed by atoms with Gasteiger partial charge in [-0.3, -0.25) is 0 Å². The number of nitrogens with zero attached hydrogens (tertiary/aromatic N) is 2. The van der Waals surface area contributed by atoms with Crippen LogP contribution in [0.1, 0.15) is 24.0 Å². The van der Waals surface area contributed by atoms with Gasteiger partial charge in [0.1, 0.15) is 17.5 Å². The number of halogens is 3. The molecule has 6 heteroatoms. The van der Waals surface area contributed by atoms with E-state index in [1.807, 2.05) is 6.92 Å². The van der Waals surface area contributed by atoms with Gasteiger partial charge in [-0.25, -0.2) is 14.4 Å². The van der Waals surface area contributed by atoms with Crippen molar-refractivity contribution in [2.24, 2.45) is 0 Å². The molecule has 1 heterocycles. The summed E-state index contributed by atoms with van der Waals surface area (Å²) in [6.07, 6.45) is 1.07. The quantitative estimate of drug-likeness (QED) is 0.889. The Kier molecular flexibility index (Phi) is 4.94. The van der Waals surface area contributed by atoms with Crippen LogP contribution in [0.2, 0.25) is 5.02 Å². The molecule has 0 spiro atoms. The van der Waals surface area contributed by atoms with E-state index in [2.05, 4.69) is 31.2 Å². The molecular weight excluding hydrogens is 345 g/mol. The van der Waals surface area contributed by atoms with E-state index in [0.29, 0.717) is 23.6 Å². The molecule has 0 aliphatic rings. The SMILES string of the molecule is CCc1nc(Cc2cccc(Cl)c2F)nc(NC)c1Br. The standard InChI is InChI=1S/C14H14BrClFN3/c1-3-10-12(15)14(18-2)20-11(19-10)7-8-5-4-6-9(16)13(8)17/h4-6H,3,7H2,1-2H3,(H,18,19,20). The van der Waals surface area contributed by atoms with Crippen molar-refractivity contribution in [3.8, 4) is 0 Å². The Hall–Kier alpha value is -1.20. The number of aromatic nitrogens is 2. The summed E-state index contributed by atoms with van der Waals surface area (Å²) < 4.78 is 14.8. The van der Waals surface area contributed by atoms with Gasteiger partial charge in [-0.05, 0) is 34.0 Å². The van der Waals surface area contributed by atoms with E-state index in [9.17, 15) is 4.39 Å². The van der Waals surface area contributed by atoms with Crippen molar-refractivity contribution in [3.05, 3.63) is 50.6 Å². The normalized spacial score (nSPS) is 10.7. The van der Waals surface area contributed by atoms with E-state index in [0.717, 1.165) is 16.6 Å². The van der Waals surface area contributed by atoms with Crippen molar-refractivity contribution in [2.75, 3.05) is 12.4 Å². The lowest BCUT2D eigenvalue weighted by Gasteiger charge is -2.10. The molecule has 20 heavy (non-hydrogen) atoms. The van der Waals surface area contributed by atoms with Crippen LogP contribution in [0.4, 0.5) is 10.2 Å². The number of rotatable bonds is 4. The summed E-state index contributed by atoms with van der Waals surface area (Å²) in [4.78, 5) is 8.84. The third kappa shape index (κ3) is 3.10. The Morgan fingerprint density at radius 3 is 2.75 bits per heavy atom. The maximum atomic E-state index is 13.9. The minimum atomic E-state index is -0.412. The van der Waals surface area contributed by atoms with Crippen LogP contribution in [-0.4, -0.2) is 17.0 Å². The summed E-state index contributed by atoms with van der Waals surface area (Å²) in [6.45, 7) is 2.01. The van der Waals surface area contributed by atoms with Gasteiger partial charge in [0.05, 0.1) is 15.2 Å². The van der Waals surface area contributed by atoms with Crippen LogP contribution in [0.5, 0.6) is 0 Å². The second kappa shape index (κ2) is 6.50. The highest BCUT2D eigenvalue weighted by Crippen LogP contribution is 2.25. The Bertz CT molecular complexity index is 609. The minimum absolute atomic E-state index is 0.115. The van der Waals surface area contributed by atoms with Crippen molar-refractivity contribution in [2.45, 2.75) is 19.8 Å². The van der Waals surface area contributed by atoms with Gasteiger partial charge in [-0.1, -0.05) is 30.7 Å². The van der Waals surface area contributed by atoms with Gasteiger partial charge in [0.2, 0.25) is 0 Å². The lowest BCUT2D eigenvalue weighted by molar-refractivity contribution is 0.612. The van der Waals surface area contributed by atoms with Gasteiger partial charge < -0.3 is 5.32 Å². The molecule has 1 aromatic carbocycles. The van der Waals surface area contributed by atoms with Crippen LogP contribution < -0.4 is 5.32 Å². The molecule has 2 rings (SSSR count). The molecule has 1 N–H and O–H groups in total. The van der Waals surface area contributed by atoms with Gasteiger partial charge in [-0.15, -0.1) is 0 Å². The van der Waals surface area contributed by atoms with Gasteiger partial charge in [0.25, 0.3) is 0 Å². The molecule has 3 nitrogen and oxygen atoms in total. The Morgan fingerprint density at radius 2 is 2.10 bits per heavy atom. The zero-order valence-electron chi connectivity index (χ0n) is 11.2. The zero-order valence-corrected chi connectivity index (χ0v) is 13.5. The number of benzene rings is 1. The summed E-state index contributed by atoms with van der Waals surface area (Å²) in [5.41, 5.74) is 1.38. The highest BCUT2D eigenvalue weighted by atomic mass is 79.9. The molecule has 0 aliphatic heterocycles. The molecule has 0 bridgehead atoms. The zero-order chi connectivity index (χ0) is 14.7. The van der Waals surface area contributed by atoms with Gasteiger partial charge >= 0.3 is 0 Å². The third-order valence-electron chi connectivity index (χ3n) is 2.92. The number of anilines is 1. The Labute approximate surface area is 130 Å². The molecule has 0 aliphatic carbocycles. The number of hydrogen-bond donors (Lipinski definition) is 1. The molecule has 0 unspecified atom stereocenters.